The van der Waals surface area contributed by atoms with Crippen molar-refractivity contribution in [3.63, 3.8) is 0 Å². The Morgan fingerprint density at radius 2 is 2.00 bits per heavy atom. The molecule has 88 valence electrons. The van der Waals surface area contributed by atoms with E-state index in [2.05, 4.69) is 5.32 Å². The summed E-state index contributed by atoms with van der Waals surface area (Å²) < 4.78 is 37.0. The maximum Gasteiger partial charge on any atom is 0.416 e. The Hall–Kier alpha value is -0.940. The normalized spacial score (nSPS) is 11.3. The van der Waals surface area contributed by atoms with E-state index in [9.17, 15) is 18.0 Å². The number of anilines is 1. The molecule has 1 rings (SSSR count). The number of nitrogens with one attached hydrogen (secondary N) is 1. The van der Waals surface area contributed by atoms with Crippen molar-refractivity contribution in [2.75, 3.05) is 11.2 Å². The maximum atomic E-state index is 12.3. The van der Waals surface area contributed by atoms with Crippen LogP contribution in [0.15, 0.2) is 18.2 Å². The van der Waals surface area contributed by atoms with E-state index in [-0.39, 0.29) is 16.6 Å². The quantitative estimate of drug-likeness (QED) is 0.820. The van der Waals surface area contributed by atoms with E-state index in [0.29, 0.717) is 0 Å². The molecule has 0 heterocycles. The molecule has 0 aliphatic heterocycles. The Morgan fingerprint density at radius 1 is 1.38 bits per heavy atom. The van der Waals surface area contributed by atoms with Crippen LogP contribution >= 0.6 is 23.2 Å². The summed E-state index contributed by atoms with van der Waals surface area (Å²) in [6.07, 6.45) is -4.48. The first kappa shape index (κ1) is 13.1. The standard InChI is InChI=1S/C9H6Cl2F3NO/c10-4-8(16)15-7-3-5(9(12,13)14)1-2-6(7)11/h1-3H,4H2,(H,15,16). The zero-order valence-electron chi connectivity index (χ0n) is 7.74. The van der Waals surface area contributed by atoms with Gasteiger partial charge >= 0.3 is 6.18 Å². The van der Waals surface area contributed by atoms with Gasteiger partial charge in [0.1, 0.15) is 5.88 Å². The molecule has 0 bridgehead atoms. The van der Waals surface area contributed by atoms with Crippen LogP contribution in [-0.2, 0) is 11.0 Å². The lowest BCUT2D eigenvalue weighted by Gasteiger charge is -2.10. The average molecular weight is 272 g/mol. The number of hydrogen-bond acceptors (Lipinski definition) is 1. The minimum atomic E-state index is -4.48. The number of rotatable bonds is 2. The molecule has 0 saturated heterocycles. The van der Waals surface area contributed by atoms with Crippen molar-refractivity contribution in [2.45, 2.75) is 6.18 Å². The molecule has 0 saturated carbocycles. The van der Waals surface area contributed by atoms with Gasteiger partial charge in [0.2, 0.25) is 5.91 Å². The number of hydrogen-bond donors (Lipinski definition) is 1. The van der Waals surface area contributed by atoms with E-state index < -0.39 is 17.6 Å². The first-order valence-corrected chi connectivity index (χ1v) is 4.98. The van der Waals surface area contributed by atoms with Gasteiger partial charge in [0.15, 0.2) is 0 Å². The largest absolute Gasteiger partial charge is 0.416 e. The third kappa shape index (κ3) is 3.28. The Labute approximate surface area is 99.3 Å². The second-order valence-corrected chi connectivity index (χ2v) is 3.55. The fourth-order valence-electron chi connectivity index (χ4n) is 0.981. The molecule has 2 nitrogen and oxygen atoms in total. The van der Waals surface area contributed by atoms with Crippen molar-refractivity contribution in [2.24, 2.45) is 0 Å². The molecule has 1 aromatic rings. The van der Waals surface area contributed by atoms with Crippen molar-refractivity contribution < 1.29 is 18.0 Å². The van der Waals surface area contributed by atoms with Crippen molar-refractivity contribution in [3.8, 4) is 0 Å². The summed E-state index contributed by atoms with van der Waals surface area (Å²) in [6, 6.07) is 2.65. The highest BCUT2D eigenvalue weighted by atomic mass is 35.5. The molecule has 0 radical (unpaired) electrons. The Bertz CT molecular complexity index is 406. The van der Waals surface area contributed by atoms with Crippen molar-refractivity contribution >= 4 is 34.8 Å². The van der Waals surface area contributed by atoms with Crippen LogP contribution in [0.25, 0.3) is 0 Å². The Balaban J connectivity index is 3.04. The topological polar surface area (TPSA) is 29.1 Å². The van der Waals surface area contributed by atoms with Gasteiger partial charge in [-0.25, -0.2) is 0 Å². The summed E-state index contributed by atoms with van der Waals surface area (Å²) in [4.78, 5) is 10.9. The van der Waals surface area contributed by atoms with E-state index >= 15 is 0 Å². The van der Waals surface area contributed by atoms with Crippen LogP contribution in [0.4, 0.5) is 18.9 Å². The number of benzene rings is 1. The van der Waals surface area contributed by atoms with Crippen LogP contribution in [0, 0.1) is 0 Å². The van der Waals surface area contributed by atoms with Gasteiger partial charge in [-0.3, -0.25) is 4.79 Å². The van der Waals surface area contributed by atoms with Crippen molar-refractivity contribution in [1.82, 2.24) is 0 Å². The van der Waals surface area contributed by atoms with E-state index in [1.165, 1.54) is 0 Å². The van der Waals surface area contributed by atoms with Gasteiger partial charge in [0.05, 0.1) is 16.3 Å². The molecule has 1 amide bonds. The molecular formula is C9H6Cl2F3NO. The molecule has 16 heavy (non-hydrogen) atoms. The lowest BCUT2D eigenvalue weighted by Crippen LogP contribution is -2.14. The van der Waals surface area contributed by atoms with Crippen LogP contribution < -0.4 is 5.32 Å². The zero-order valence-corrected chi connectivity index (χ0v) is 9.25. The molecule has 7 heteroatoms. The zero-order chi connectivity index (χ0) is 12.3. The van der Waals surface area contributed by atoms with Crippen LogP contribution in [0.2, 0.25) is 5.02 Å². The van der Waals surface area contributed by atoms with Crippen molar-refractivity contribution in [3.05, 3.63) is 28.8 Å². The Morgan fingerprint density at radius 3 is 2.50 bits per heavy atom. The van der Waals surface area contributed by atoms with Crippen molar-refractivity contribution in [1.29, 1.82) is 0 Å². The maximum absolute atomic E-state index is 12.3. The van der Waals surface area contributed by atoms with Crippen LogP contribution in [0.1, 0.15) is 5.56 Å². The van der Waals surface area contributed by atoms with Gasteiger partial charge in [0.25, 0.3) is 0 Å². The summed E-state index contributed by atoms with van der Waals surface area (Å²) in [7, 11) is 0. The Kier molecular flexibility index (Phi) is 4.04. The van der Waals surface area contributed by atoms with Crippen LogP contribution in [-0.4, -0.2) is 11.8 Å². The van der Waals surface area contributed by atoms with Gasteiger partial charge in [0, 0.05) is 0 Å². The first-order valence-electron chi connectivity index (χ1n) is 4.07. The average Bonchev–Trinajstić information content (AvgIpc) is 2.19. The summed E-state index contributed by atoms with van der Waals surface area (Å²) in [5, 5.41) is 2.19. The highest BCUT2D eigenvalue weighted by molar-refractivity contribution is 6.34. The monoisotopic (exact) mass is 271 g/mol. The third-order valence-electron chi connectivity index (χ3n) is 1.69. The van der Waals surface area contributed by atoms with E-state index in [1.54, 1.807) is 0 Å². The minimum Gasteiger partial charge on any atom is -0.324 e. The molecule has 0 fully saturated rings. The number of amides is 1. The highest BCUT2D eigenvalue weighted by Gasteiger charge is 2.31. The number of halogens is 5. The lowest BCUT2D eigenvalue weighted by molar-refractivity contribution is -0.137. The van der Waals surface area contributed by atoms with Gasteiger partial charge < -0.3 is 5.32 Å². The molecule has 0 atom stereocenters. The minimum absolute atomic E-state index is 0.0199. The molecular weight excluding hydrogens is 266 g/mol. The van der Waals surface area contributed by atoms with Gasteiger partial charge in [-0.05, 0) is 18.2 Å². The predicted molar refractivity (Wildman–Crippen MR) is 55.8 cm³/mol. The molecule has 1 aromatic carbocycles. The second kappa shape index (κ2) is 4.93. The first-order chi connectivity index (χ1) is 7.34. The van der Waals surface area contributed by atoms with E-state index in [4.69, 9.17) is 23.2 Å². The molecule has 0 aromatic heterocycles. The van der Waals surface area contributed by atoms with E-state index in [0.717, 1.165) is 18.2 Å². The van der Waals surface area contributed by atoms with Crippen LogP contribution in [0.3, 0.4) is 0 Å². The number of alkyl halides is 4. The summed E-state index contributed by atoms with van der Waals surface area (Å²) in [6.45, 7) is 0. The number of carbonyl (C=O) groups excluding carboxylic acids is 1. The molecule has 0 spiro atoms. The predicted octanol–water partition coefficient (Wildman–Crippen LogP) is 3.54. The van der Waals surface area contributed by atoms with Gasteiger partial charge in [-0.15, -0.1) is 11.6 Å². The molecule has 0 aliphatic carbocycles. The van der Waals surface area contributed by atoms with Gasteiger partial charge in [-0.2, -0.15) is 13.2 Å². The highest BCUT2D eigenvalue weighted by Crippen LogP contribution is 2.33. The van der Waals surface area contributed by atoms with Gasteiger partial charge in [-0.1, -0.05) is 11.6 Å². The molecule has 1 N–H and O–H groups in total. The molecule has 0 aliphatic rings. The lowest BCUT2D eigenvalue weighted by atomic mass is 10.2. The molecule has 0 unspecified atom stereocenters. The second-order valence-electron chi connectivity index (χ2n) is 2.87. The summed E-state index contributed by atoms with van der Waals surface area (Å²) in [5.41, 5.74) is -0.996. The smallest absolute Gasteiger partial charge is 0.324 e. The summed E-state index contributed by atoms with van der Waals surface area (Å²) >= 11 is 10.8. The van der Waals surface area contributed by atoms with Crippen LogP contribution in [0.5, 0.6) is 0 Å². The van der Waals surface area contributed by atoms with E-state index in [1.807, 2.05) is 0 Å². The number of carbonyl (C=O) groups is 1. The SMILES string of the molecule is O=C(CCl)Nc1cc(C(F)(F)F)ccc1Cl. The summed E-state index contributed by atoms with van der Waals surface area (Å²) in [5.74, 6) is -0.977. The fourth-order valence-corrected chi connectivity index (χ4v) is 1.21. The fraction of sp³-hybridized carbons (Fsp3) is 0.222. The third-order valence-corrected chi connectivity index (χ3v) is 2.26.